The van der Waals surface area contributed by atoms with Crippen LogP contribution in [0.15, 0.2) is 0 Å². The van der Waals surface area contributed by atoms with Crippen LogP contribution in [0.3, 0.4) is 0 Å². The number of carbonyl (C=O) groups is 1. The number of aromatic amines is 1. The minimum absolute atomic E-state index is 0.0299. The molecule has 0 saturated carbocycles. The van der Waals surface area contributed by atoms with Gasteiger partial charge in [-0.2, -0.15) is 4.98 Å². The Balaban J connectivity index is 2.46. The van der Waals surface area contributed by atoms with Gasteiger partial charge < -0.3 is 9.47 Å². The van der Waals surface area contributed by atoms with Gasteiger partial charge in [0.05, 0.1) is 20.0 Å². The predicted molar refractivity (Wildman–Crippen MR) is 61.6 cm³/mol. The first-order valence-electron chi connectivity index (χ1n) is 5.00. The Labute approximate surface area is 104 Å². The summed E-state index contributed by atoms with van der Waals surface area (Å²) in [7, 11) is -0.976. The van der Waals surface area contributed by atoms with Gasteiger partial charge in [-0.05, 0) is 6.42 Å². The first kappa shape index (κ1) is 14.2. The second-order valence-corrected chi connectivity index (χ2v) is 5.11. The second kappa shape index (κ2) is 6.19. The molecule has 0 unspecified atom stereocenters. The summed E-state index contributed by atoms with van der Waals surface area (Å²) in [4.78, 5) is 14.5. The number of methoxy groups -OCH3 is 2. The molecular formula is C8H14N4O5S. The molecule has 102 valence electrons. The molecular weight excluding hydrogens is 264 g/mol. The van der Waals surface area contributed by atoms with Crippen LogP contribution in [0.4, 0.5) is 5.95 Å². The van der Waals surface area contributed by atoms with Gasteiger partial charge in [0, 0.05) is 6.42 Å². The van der Waals surface area contributed by atoms with Gasteiger partial charge in [0.1, 0.15) is 0 Å². The van der Waals surface area contributed by atoms with E-state index in [0.29, 0.717) is 0 Å². The van der Waals surface area contributed by atoms with E-state index in [1.807, 2.05) is 0 Å². The summed E-state index contributed by atoms with van der Waals surface area (Å²) in [5.74, 6) is -0.707. The lowest BCUT2D eigenvalue weighted by molar-refractivity contribution is -0.140. The highest BCUT2D eigenvalue weighted by Gasteiger charge is 2.14. The van der Waals surface area contributed by atoms with Crippen molar-refractivity contribution < 1.29 is 22.7 Å². The molecule has 2 N–H and O–H groups in total. The first-order valence-corrected chi connectivity index (χ1v) is 6.66. The Kier molecular flexibility index (Phi) is 4.89. The van der Waals surface area contributed by atoms with Crippen molar-refractivity contribution in [3.8, 4) is 6.01 Å². The third-order valence-corrected chi connectivity index (χ3v) is 3.25. The van der Waals surface area contributed by atoms with E-state index in [2.05, 4.69) is 29.4 Å². The molecule has 0 aliphatic heterocycles. The van der Waals surface area contributed by atoms with Crippen LogP contribution in [0.25, 0.3) is 0 Å². The summed E-state index contributed by atoms with van der Waals surface area (Å²) in [6, 6.07) is 0.0299. The number of H-pyrrole nitrogens is 1. The predicted octanol–water partition coefficient (Wildman–Crippen LogP) is -0.492. The van der Waals surface area contributed by atoms with E-state index in [1.54, 1.807) is 0 Å². The minimum Gasteiger partial charge on any atom is -0.469 e. The van der Waals surface area contributed by atoms with Gasteiger partial charge in [0.2, 0.25) is 16.0 Å². The number of aromatic nitrogens is 3. The molecule has 1 heterocycles. The number of rotatable bonds is 7. The van der Waals surface area contributed by atoms with Crippen LogP contribution in [0, 0.1) is 0 Å². The summed E-state index contributed by atoms with van der Waals surface area (Å²) < 4.78 is 34.4. The largest absolute Gasteiger partial charge is 0.469 e. The molecule has 0 aliphatic carbocycles. The number of carbonyl (C=O) groups excluding carboxylic acids is 1. The van der Waals surface area contributed by atoms with Gasteiger partial charge in [-0.3, -0.25) is 9.52 Å². The molecule has 0 atom stereocenters. The standard InChI is InChI=1S/C8H14N4O5S/c1-16-6(13)4-3-5-18(14,15)12-7-9-8(17-2)11-10-7/h3-5H2,1-2H3,(H2,9,10,11,12). The van der Waals surface area contributed by atoms with Crippen molar-refractivity contribution in [1.82, 2.24) is 15.2 Å². The zero-order valence-corrected chi connectivity index (χ0v) is 10.8. The minimum atomic E-state index is -3.58. The van der Waals surface area contributed by atoms with E-state index in [-0.39, 0.29) is 30.6 Å². The maximum absolute atomic E-state index is 11.6. The van der Waals surface area contributed by atoms with Gasteiger partial charge >= 0.3 is 12.0 Å². The van der Waals surface area contributed by atoms with Crippen LogP contribution < -0.4 is 9.46 Å². The number of anilines is 1. The fourth-order valence-corrected chi connectivity index (χ4v) is 2.10. The second-order valence-electron chi connectivity index (χ2n) is 3.27. The molecule has 0 aliphatic rings. The van der Waals surface area contributed by atoms with Gasteiger partial charge in [-0.15, -0.1) is 5.10 Å². The van der Waals surface area contributed by atoms with E-state index in [4.69, 9.17) is 0 Å². The molecule has 1 rings (SSSR count). The fourth-order valence-electron chi connectivity index (χ4n) is 1.09. The number of nitrogens with one attached hydrogen (secondary N) is 2. The van der Waals surface area contributed by atoms with Gasteiger partial charge in [0.15, 0.2) is 0 Å². The third kappa shape index (κ3) is 4.57. The van der Waals surface area contributed by atoms with Crippen LogP contribution in [-0.4, -0.2) is 49.5 Å². The van der Waals surface area contributed by atoms with E-state index in [9.17, 15) is 13.2 Å². The summed E-state index contributed by atoms with van der Waals surface area (Å²) >= 11 is 0. The Morgan fingerprint density at radius 2 is 2.17 bits per heavy atom. The van der Waals surface area contributed by atoms with Crippen molar-refractivity contribution in [3.63, 3.8) is 0 Å². The molecule has 0 saturated heterocycles. The average molecular weight is 278 g/mol. The van der Waals surface area contributed by atoms with Gasteiger partial charge in [-0.25, -0.2) is 13.5 Å². The molecule has 0 bridgehead atoms. The fraction of sp³-hybridized carbons (Fsp3) is 0.625. The maximum atomic E-state index is 11.6. The monoisotopic (exact) mass is 278 g/mol. The maximum Gasteiger partial charge on any atom is 0.336 e. The molecule has 0 radical (unpaired) electrons. The molecule has 0 spiro atoms. The number of ether oxygens (including phenoxy) is 2. The van der Waals surface area contributed by atoms with Crippen LogP contribution >= 0.6 is 0 Å². The summed E-state index contributed by atoms with van der Waals surface area (Å²) in [6.07, 6.45) is 0.199. The number of sulfonamides is 1. The molecule has 0 aromatic carbocycles. The number of nitrogens with zero attached hydrogens (tertiary/aromatic N) is 2. The lowest BCUT2D eigenvalue weighted by Gasteiger charge is -2.03. The molecule has 0 fully saturated rings. The summed E-state index contributed by atoms with van der Waals surface area (Å²) in [5, 5.41) is 5.94. The number of esters is 1. The van der Waals surface area contributed by atoms with Crippen molar-refractivity contribution in [3.05, 3.63) is 0 Å². The van der Waals surface area contributed by atoms with Crippen molar-refractivity contribution >= 4 is 21.9 Å². The SMILES string of the molecule is COC(=O)CCCS(=O)(=O)Nc1nc(OC)n[nH]1. The Morgan fingerprint density at radius 1 is 1.44 bits per heavy atom. The Hall–Kier alpha value is -1.84. The van der Waals surface area contributed by atoms with E-state index < -0.39 is 16.0 Å². The highest BCUT2D eigenvalue weighted by molar-refractivity contribution is 7.92. The van der Waals surface area contributed by atoms with Crippen LogP contribution in [0.5, 0.6) is 6.01 Å². The molecule has 1 aromatic heterocycles. The summed E-state index contributed by atoms with van der Waals surface area (Å²) in [6.45, 7) is 0. The van der Waals surface area contributed by atoms with Crippen LogP contribution in [-0.2, 0) is 19.6 Å². The molecule has 9 nitrogen and oxygen atoms in total. The number of hydrogen-bond donors (Lipinski definition) is 2. The molecule has 1 aromatic rings. The molecule has 10 heteroatoms. The lowest BCUT2D eigenvalue weighted by Crippen LogP contribution is -2.18. The molecule has 18 heavy (non-hydrogen) atoms. The quantitative estimate of drug-likeness (QED) is 0.645. The van der Waals surface area contributed by atoms with Crippen molar-refractivity contribution in [2.45, 2.75) is 12.8 Å². The Bertz CT molecular complexity index is 497. The highest BCUT2D eigenvalue weighted by Crippen LogP contribution is 2.07. The number of hydrogen-bond acceptors (Lipinski definition) is 7. The zero-order chi connectivity index (χ0) is 13.6. The van der Waals surface area contributed by atoms with Gasteiger partial charge in [-0.1, -0.05) is 0 Å². The van der Waals surface area contributed by atoms with E-state index >= 15 is 0 Å². The van der Waals surface area contributed by atoms with E-state index in [0.717, 1.165) is 0 Å². The van der Waals surface area contributed by atoms with E-state index in [1.165, 1.54) is 14.2 Å². The van der Waals surface area contributed by atoms with Gasteiger partial charge in [0.25, 0.3) is 0 Å². The summed E-state index contributed by atoms with van der Waals surface area (Å²) in [5.41, 5.74) is 0. The van der Waals surface area contributed by atoms with Crippen molar-refractivity contribution in [1.29, 1.82) is 0 Å². The lowest BCUT2D eigenvalue weighted by atomic mass is 10.3. The third-order valence-electron chi connectivity index (χ3n) is 1.92. The normalized spacial score (nSPS) is 11.0. The van der Waals surface area contributed by atoms with Crippen LogP contribution in [0.1, 0.15) is 12.8 Å². The highest BCUT2D eigenvalue weighted by atomic mass is 32.2. The topological polar surface area (TPSA) is 123 Å². The average Bonchev–Trinajstić information content (AvgIpc) is 2.75. The van der Waals surface area contributed by atoms with Crippen molar-refractivity contribution in [2.75, 3.05) is 24.7 Å². The molecule has 0 amide bonds. The first-order chi connectivity index (χ1) is 8.46. The van der Waals surface area contributed by atoms with Crippen LogP contribution in [0.2, 0.25) is 0 Å². The Morgan fingerprint density at radius 3 is 2.72 bits per heavy atom. The zero-order valence-electron chi connectivity index (χ0n) is 9.97. The smallest absolute Gasteiger partial charge is 0.336 e. The van der Waals surface area contributed by atoms with Crippen molar-refractivity contribution in [2.24, 2.45) is 0 Å².